The Balaban J connectivity index is 4.35. The molecule has 0 aromatic carbocycles. The molecule has 0 aromatic rings. The lowest BCUT2D eigenvalue weighted by Gasteiger charge is -2.21. The van der Waals surface area contributed by atoms with E-state index in [0.717, 1.165) is 0 Å². The Hall–Kier alpha value is -0.0900. The van der Waals surface area contributed by atoms with Gasteiger partial charge in [0.2, 0.25) is 10.0 Å². The molecule has 0 saturated heterocycles. The van der Waals surface area contributed by atoms with Crippen molar-refractivity contribution in [2.45, 2.75) is 27.7 Å². The standard InChI is InChI=1S/C8H19NO2S/c1-5-9(7-8(3)4)12(10,11)6-2/h8H,5-7H2,1-4H3. The lowest BCUT2D eigenvalue weighted by Crippen LogP contribution is -2.35. The number of hydrogen-bond acceptors (Lipinski definition) is 2. The van der Waals surface area contributed by atoms with Gasteiger partial charge in [0.15, 0.2) is 0 Å². The van der Waals surface area contributed by atoms with Crippen LogP contribution in [-0.2, 0) is 10.0 Å². The highest BCUT2D eigenvalue weighted by atomic mass is 32.2. The van der Waals surface area contributed by atoms with Crippen LogP contribution in [0.15, 0.2) is 0 Å². The van der Waals surface area contributed by atoms with E-state index < -0.39 is 10.0 Å². The predicted octanol–water partition coefficient (Wildman–Crippen LogP) is 1.31. The average Bonchev–Trinajstić information content (AvgIpc) is 1.99. The summed E-state index contributed by atoms with van der Waals surface area (Å²) < 4.78 is 24.3. The van der Waals surface area contributed by atoms with Crippen molar-refractivity contribution in [3.05, 3.63) is 0 Å². The van der Waals surface area contributed by atoms with Crippen LogP contribution < -0.4 is 0 Å². The van der Waals surface area contributed by atoms with Gasteiger partial charge in [-0.15, -0.1) is 0 Å². The molecule has 3 nitrogen and oxygen atoms in total. The first-order valence-electron chi connectivity index (χ1n) is 4.41. The third-order valence-corrected chi connectivity index (χ3v) is 3.60. The van der Waals surface area contributed by atoms with Gasteiger partial charge in [-0.25, -0.2) is 12.7 Å². The minimum absolute atomic E-state index is 0.202. The fourth-order valence-corrected chi connectivity index (χ4v) is 2.31. The summed E-state index contributed by atoms with van der Waals surface area (Å²) in [5.41, 5.74) is 0. The van der Waals surface area contributed by atoms with Gasteiger partial charge in [0.05, 0.1) is 5.75 Å². The molecule has 0 aromatic heterocycles. The molecule has 0 amide bonds. The Morgan fingerprint density at radius 3 is 2.00 bits per heavy atom. The normalized spacial score (nSPS) is 12.8. The fourth-order valence-electron chi connectivity index (χ4n) is 1.03. The topological polar surface area (TPSA) is 37.4 Å². The third-order valence-electron chi connectivity index (χ3n) is 1.68. The van der Waals surface area contributed by atoms with Gasteiger partial charge in [-0.2, -0.15) is 0 Å². The van der Waals surface area contributed by atoms with E-state index in [-0.39, 0.29) is 5.75 Å². The fraction of sp³-hybridized carbons (Fsp3) is 1.00. The monoisotopic (exact) mass is 193 g/mol. The van der Waals surface area contributed by atoms with Gasteiger partial charge in [0.1, 0.15) is 0 Å². The summed E-state index contributed by atoms with van der Waals surface area (Å²) >= 11 is 0. The molecule has 0 aliphatic heterocycles. The second-order valence-corrected chi connectivity index (χ2v) is 5.50. The Kier molecular flexibility index (Phi) is 4.78. The zero-order valence-electron chi connectivity index (χ0n) is 8.37. The molecule has 0 aliphatic carbocycles. The zero-order valence-corrected chi connectivity index (χ0v) is 9.19. The van der Waals surface area contributed by atoms with Crippen LogP contribution in [0.1, 0.15) is 27.7 Å². The van der Waals surface area contributed by atoms with Gasteiger partial charge in [-0.1, -0.05) is 20.8 Å². The molecule has 74 valence electrons. The van der Waals surface area contributed by atoms with Crippen LogP contribution in [0.2, 0.25) is 0 Å². The van der Waals surface area contributed by atoms with Gasteiger partial charge in [-0.3, -0.25) is 0 Å². The Bertz CT molecular complexity index is 209. The second kappa shape index (κ2) is 4.82. The molecule has 0 bridgehead atoms. The van der Waals surface area contributed by atoms with Gasteiger partial charge in [0.25, 0.3) is 0 Å². The highest BCUT2D eigenvalue weighted by molar-refractivity contribution is 7.89. The zero-order chi connectivity index (χ0) is 9.78. The molecule has 0 saturated carbocycles. The summed E-state index contributed by atoms with van der Waals surface area (Å²) in [5.74, 6) is 0.597. The van der Waals surface area contributed by atoms with E-state index >= 15 is 0 Å². The van der Waals surface area contributed by atoms with E-state index in [0.29, 0.717) is 19.0 Å². The molecule has 0 N–H and O–H groups in total. The first-order chi connectivity index (χ1) is 5.44. The molecule has 0 spiro atoms. The Morgan fingerprint density at radius 2 is 1.75 bits per heavy atom. The van der Waals surface area contributed by atoms with Crippen molar-refractivity contribution in [2.24, 2.45) is 5.92 Å². The first kappa shape index (κ1) is 11.9. The highest BCUT2D eigenvalue weighted by Gasteiger charge is 2.18. The van der Waals surface area contributed by atoms with Crippen LogP contribution in [0.4, 0.5) is 0 Å². The number of nitrogens with zero attached hydrogens (tertiary/aromatic N) is 1. The average molecular weight is 193 g/mol. The minimum atomic E-state index is -2.97. The van der Waals surface area contributed by atoms with Crippen molar-refractivity contribution >= 4 is 10.0 Å². The van der Waals surface area contributed by atoms with E-state index in [1.165, 1.54) is 4.31 Å². The molecule has 0 unspecified atom stereocenters. The maximum atomic E-state index is 11.4. The van der Waals surface area contributed by atoms with Crippen LogP contribution in [0.25, 0.3) is 0 Å². The summed E-state index contributed by atoms with van der Waals surface area (Å²) in [6.07, 6.45) is 0. The van der Waals surface area contributed by atoms with Crippen molar-refractivity contribution in [1.82, 2.24) is 4.31 Å². The van der Waals surface area contributed by atoms with Gasteiger partial charge >= 0.3 is 0 Å². The van der Waals surface area contributed by atoms with Gasteiger partial charge in [-0.05, 0) is 12.8 Å². The van der Waals surface area contributed by atoms with Crippen LogP contribution in [0.3, 0.4) is 0 Å². The van der Waals surface area contributed by atoms with E-state index in [2.05, 4.69) is 0 Å². The van der Waals surface area contributed by atoms with Crippen molar-refractivity contribution in [1.29, 1.82) is 0 Å². The molecule has 0 heterocycles. The molecule has 0 aliphatic rings. The molecule has 0 rings (SSSR count). The number of rotatable bonds is 5. The summed E-state index contributed by atoms with van der Waals surface area (Å²) in [6, 6.07) is 0. The number of hydrogen-bond donors (Lipinski definition) is 0. The van der Waals surface area contributed by atoms with Gasteiger partial charge in [0, 0.05) is 13.1 Å². The van der Waals surface area contributed by atoms with Crippen molar-refractivity contribution < 1.29 is 8.42 Å². The van der Waals surface area contributed by atoms with Crippen molar-refractivity contribution in [3.8, 4) is 0 Å². The lowest BCUT2D eigenvalue weighted by atomic mass is 10.2. The van der Waals surface area contributed by atoms with E-state index in [4.69, 9.17) is 0 Å². The van der Waals surface area contributed by atoms with Gasteiger partial charge < -0.3 is 0 Å². The molecule has 0 fully saturated rings. The molecule has 0 radical (unpaired) electrons. The maximum absolute atomic E-state index is 11.4. The number of sulfonamides is 1. The van der Waals surface area contributed by atoms with Crippen LogP contribution in [-0.4, -0.2) is 31.6 Å². The Morgan fingerprint density at radius 1 is 1.25 bits per heavy atom. The van der Waals surface area contributed by atoms with E-state index in [9.17, 15) is 8.42 Å². The van der Waals surface area contributed by atoms with E-state index in [1.54, 1.807) is 6.92 Å². The van der Waals surface area contributed by atoms with Crippen molar-refractivity contribution in [2.75, 3.05) is 18.8 Å². The predicted molar refractivity (Wildman–Crippen MR) is 51.5 cm³/mol. The molecule has 0 atom stereocenters. The molecular formula is C8H19NO2S. The van der Waals surface area contributed by atoms with E-state index in [1.807, 2.05) is 20.8 Å². The van der Waals surface area contributed by atoms with Crippen molar-refractivity contribution in [3.63, 3.8) is 0 Å². The second-order valence-electron chi connectivity index (χ2n) is 3.25. The van der Waals surface area contributed by atoms with Crippen LogP contribution >= 0.6 is 0 Å². The maximum Gasteiger partial charge on any atom is 0.213 e. The molecule has 4 heteroatoms. The summed E-state index contributed by atoms with van der Waals surface area (Å²) in [4.78, 5) is 0. The highest BCUT2D eigenvalue weighted by Crippen LogP contribution is 2.05. The van der Waals surface area contributed by atoms with Crippen LogP contribution in [0, 0.1) is 5.92 Å². The summed E-state index contributed by atoms with van der Waals surface area (Å²) in [5, 5.41) is 0. The Labute approximate surface area is 75.8 Å². The molecule has 12 heavy (non-hydrogen) atoms. The summed E-state index contributed by atoms with van der Waals surface area (Å²) in [6.45, 7) is 8.80. The molecular weight excluding hydrogens is 174 g/mol. The van der Waals surface area contributed by atoms with Crippen LogP contribution in [0.5, 0.6) is 0 Å². The largest absolute Gasteiger partial charge is 0.213 e. The smallest absolute Gasteiger partial charge is 0.212 e. The first-order valence-corrected chi connectivity index (χ1v) is 6.02. The third kappa shape index (κ3) is 3.54. The lowest BCUT2D eigenvalue weighted by molar-refractivity contribution is 0.381. The summed E-state index contributed by atoms with van der Waals surface area (Å²) in [7, 11) is -2.97. The quantitative estimate of drug-likeness (QED) is 0.660. The SMILES string of the molecule is CCN(CC(C)C)S(=O)(=O)CC. The minimum Gasteiger partial charge on any atom is -0.212 e.